The monoisotopic (exact) mass is 405 g/mol. The Balaban J connectivity index is 1.53. The summed E-state index contributed by atoms with van der Waals surface area (Å²) in [4.78, 5) is 31.2. The van der Waals surface area contributed by atoms with E-state index >= 15 is 0 Å². The van der Waals surface area contributed by atoms with Crippen LogP contribution in [0.15, 0.2) is 48.5 Å². The number of fused-ring (bicyclic) bond motifs is 1. The third kappa shape index (κ3) is 4.22. The second-order valence-corrected chi connectivity index (χ2v) is 8.48. The van der Waals surface area contributed by atoms with Crippen LogP contribution in [0.4, 0.5) is 10.8 Å². The van der Waals surface area contributed by atoms with Crippen molar-refractivity contribution in [3.05, 3.63) is 75.8 Å². The topological polar surface area (TPSA) is 71.1 Å². The maximum Gasteiger partial charge on any atom is 0.257 e. The molecule has 5 nitrogen and oxygen atoms in total. The van der Waals surface area contributed by atoms with Crippen LogP contribution in [0.1, 0.15) is 50.8 Å². The van der Waals surface area contributed by atoms with Gasteiger partial charge >= 0.3 is 0 Å². The number of aryl methyl sites for hydroxylation is 3. The first-order valence-electron chi connectivity index (χ1n) is 9.75. The van der Waals surface area contributed by atoms with Gasteiger partial charge in [0.15, 0.2) is 5.13 Å². The number of rotatable bonds is 4. The normalized spacial score (nSPS) is 15.4. The lowest BCUT2D eigenvalue weighted by atomic mass is 9.90. The lowest BCUT2D eigenvalue weighted by Crippen LogP contribution is -2.25. The van der Waals surface area contributed by atoms with Crippen LogP contribution >= 0.6 is 11.3 Å². The molecule has 1 unspecified atom stereocenters. The largest absolute Gasteiger partial charge is 0.325 e. The van der Waals surface area contributed by atoms with Gasteiger partial charge in [-0.05, 0) is 62.4 Å². The van der Waals surface area contributed by atoms with Crippen molar-refractivity contribution in [1.82, 2.24) is 4.98 Å². The smallest absolute Gasteiger partial charge is 0.257 e. The zero-order valence-corrected chi connectivity index (χ0v) is 17.3. The Hall–Kier alpha value is -2.99. The molecule has 0 radical (unpaired) electrons. The summed E-state index contributed by atoms with van der Waals surface area (Å²) in [7, 11) is 0. The molecular weight excluding hydrogens is 382 g/mol. The molecule has 1 aliphatic rings. The minimum Gasteiger partial charge on any atom is -0.325 e. The molecule has 0 bridgehead atoms. The Labute approximate surface area is 174 Å². The van der Waals surface area contributed by atoms with Gasteiger partial charge < -0.3 is 5.32 Å². The molecule has 0 saturated carbocycles. The minimum absolute atomic E-state index is 0.0362. The number of aromatic nitrogens is 1. The fourth-order valence-electron chi connectivity index (χ4n) is 3.58. The summed E-state index contributed by atoms with van der Waals surface area (Å²) in [6, 6.07) is 15.1. The second-order valence-electron chi connectivity index (χ2n) is 7.40. The van der Waals surface area contributed by atoms with E-state index in [0.29, 0.717) is 10.7 Å². The number of nitrogens with zero attached hydrogens (tertiary/aromatic N) is 1. The molecule has 2 N–H and O–H groups in total. The van der Waals surface area contributed by atoms with Crippen molar-refractivity contribution < 1.29 is 9.59 Å². The third-order valence-electron chi connectivity index (χ3n) is 5.18. The molecule has 2 amide bonds. The van der Waals surface area contributed by atoms with Crippen LogP contribution in [0.25, 0.3) is 0 Å². The quantitative estimate of drug-likeness (QED) is 0.636. The predicted octanol–water partition coefficient (Wildman–Crippen LogP) is 5.07. The summed E-state index contributed by atoms with van der Waals surface area (Å²) in [6.45, 7) is 4.00. The molecule has 4 rings (SSSR count). The van der Waals surface area contributed by atoms with E-state index in [0.717, 1.165) is 46.6 Å². The predicted molar refractivity (Wildman–Crippen MR) is 117 cm³/mol. The van der Waals surface area contributed by atoms with E-state index in [4.69, 9.17) is 0 Å². The SMILES string of the molecule is Cc1ccc(C)c(NC(=O)C2CCCc3sc(NC(=O)c4ccccc4)nc32)c1. The average Bonchev–Trinajstić information content (AvgIpc) is 3.13. The molecule has 2 aromatic carbocycles. The number of anilines is 2. The first-order chi connectivity index (χ1) is 14.0. The Kier molecular flexibility index (Phi) is 5.45. The average molecular weight is 406 g/mol. The highest BCUT2D eigenvalue weighted by Crippen LogP contribution is 2.37. The van der Waals surface area contributed by atoms with E-state index in [-0.39, 0.29) is 17.7 Å². The molecule has 148 valence electrons. The molecule has 0 spiro atoms. The van der Waals surface area contributed by atoms with Crippen LogP contribution in [0.2, 0.25) is 0 Å². The zero-order valence-electron chi connectivity index (χ0n) is 16.5. The van der Waals surface area contributed by atoms with E-state index < -0.39 is 0 Å². The number of nitrogens with one attached hydrogen (secondary N) is 2. The molecule has 0 aliphatic heterocycles. The van der Waals surface area contributed by atoms with Crippen LogP contribution in [0, 0.1) is 13.8 Å². The van der Waals surface area contributed by atoms with Gasteiger partial charge in [0, 0.05) is 16.1 Å². The lowest BCUT2D eigenvalue weighted by Gasteiger charge is -2.21. The van der Waals surface area contributed by atoms with E-state index in [9.17, 15) is 9.59 Å². The van der Waals surface area contributed by atoms with Gasteiger partial charge in [0.1, 0.15) is 0 Å². The fourth-order valence-corrected chi connectivity index (χ4v) is 4.64. The summed E-state index contributed by atoms with van der Waals surface area (Å²) in [5, 5.41) is 6.51. The van der Waals surface area contributed by atoms with Crippen LogP contribution in [0.5, 0.6) is 0 Å². The summed E-state index contributed by atoms with van der Waals surface area (Å²) in [6.07, 6.45) is 2.59. The molecule has 1 aliphatic carbocycles. The summed E-state index contributed by atoms with van der Waals surface area (Å²) in [5.74, 6) is -0.517. The lowest BCUT2D eigenvalue weighted by molar-refractivity contribution is -0.117. The van der Waals surface area contributed by atoms with Crippen molar-refractivity contribution in [3.63, 3.8) is 0 Å². The van der Waals surface area contributed by atoms with E-state index in [1.54, 1.807) is 12.1 Å². The highest BCUT2D eigenvalue weighted by molar-refractivity contribution is 7.16. The molecule has 0 saturated heterocycles. The van der Waals surface area contributed by atoms with Gasteiger partial charge in [-0.15, -0.1) is 11.3 Å². The van der Waals surface area contributed by atoms with Crippen molar-refractivity contribution in [3.8, 4) is 0 Å². The minimum atomic E-state index is -0.294. The Morgan fingerprint density at radius 3 is 2.66 bits per heavy atom. The summed E-state index contributed by atoms with van der Waals surface area (Å²) >= 11 is 1.47. The highest BCUT2D eigenvalue weighted by Gasteiger charge is 2.31. The van der Waals surface area contributed by atoms with Gasteiger partial charge in [-0.3, -0.25) is 14.9 Å². The number of carbonyl (C=O) groups excluding carboxylic acids is 2. The Bertz CT molecular complexity index is 1060. The maximum atomic E-state index is 13.0. The van der Waals surface area contributed by atoms with E-state index in [1.165, 1.54) is 11.3 Å². The molecule has 6 heteroatoms. The maximum absolute atomic E-state index is 13.0. The van der Waals surface area contributed by atoms with E-state index in [2.05, 4.69) is 15.6 Å². The van der Waals surface area contributed by atoms with Gasteiger partial charge in [-0.25, -0.2) is 4.98 Å². The van der Waals surface area contributed by atoms with Gasteiger partial charge in [0.2, 0.25) is 5.91 Å². The van der Waals surface area contributed by atoms with Gasteiger partial charge in [-0.1, -0.05) is 30.3 Å². The fraction of sp³-hybridized carbons (Fsp3) is 0.261. The zero-order chi connectivity index (χ0) is 20.4. The number of hydrogen-bond donors (Lipinski definition) is 2. The van der Waals surface area contributed by atoms with Crippen molar-refractivity contribution >= 4 is 34.0 Å². The van der Waals surface area contributed by atoms with Crippen LogP contribution in [-0.2, 0) is 11.2 Å². The molecule has 0 fully saturated rings. The molecule has 1 atom stereocenters. The molecule has 1 heterocycles. The third-order valence-corrected chi connectivity index (χ3v) is 6.22. The molecule has 3 aromatic rings. The Morgan fingerprint density at radius 1 is 1.07 bits per heavy atom. The van der Waals surface area contributed by atoms with Crippen LogP contribution in [0.3, 0.4) is 0 Å². The Morgan fingerprint density at radius 2 is 1.86 bits per heavy atom. The van der Waals surface area contributed by atoms with Gasteiger partial charge in [0.25, 0.3) is 5.91 Å². The van der Waals surface area contributed by atoms with Crippen LogP contribution < -0.4 is 10.6 Å². The number of thiazole rings is 1. The number of carbonyl (C=O) groups is 2. The molecular formula is C23H23N3O2S. The summed E-state index contributed by atoms with van der Waals surface area (Å²) < 4.78 is 0. The first-order valence-corrected chi connectivity index (χ1v) is 10.6. The first kappa shape index (κ1) is 19.3. The molecule has 29 heavy (non-hydrogen) atoms. The summed E-state index contributed by atoms with van der Waals surface area (Å²) in [5.41, 5.74) is 4.37. The van der Waals surface area contributed by atoms with Gasteiger partial charge in [-0.2, -0.15) is 0 Å². The van der Waals surface area contributed by atoms with E-state index in [1.807, 2.05) is 50.2 Å². The number of benzene rings is 2. The van der Waals surface area contributed by atoms with Crippen molar-refractivity contribution in [2.45, 2.75) is 39.0 Å². The van der Waals surface area contributed by atoms with Crippen molar-refractivity contribution in [2.75, 3.05) is 10.6 Å². The standard InChI is InChI=1S/C23H23N3O2S/c1-14-11-12-15(2)18(13-14)24-22(28)17-9-6-10-19-20(17)25-23(29-19)26-21(27)16-7-4-3-5-8-16/h3-5,7-8,11-13,17H,6,9-10H2,1-2H3,(H,24,28)(H,25,26,27). The molecule has 1 aromatic heterocycles. The highest BCUT2D eigenvalue weighted by atomic mass is 32.1. The van der Waals surface area contributed by atoms with Crippen LogP contribution in [-0.4, -0.2) is 16.8 Å². The van der Waals surface area contributed by atoms with Crippen molar-refractivity contribution in [2.24, 2.45) is 0 Å². The number of hydrogen-bond acceptors (Lipinski definition) is 4. The number of amides is 2. The second kappa shape index (κ2) is 8.17. The van der Waals surface area contributed by atoms with Gasteiger partial charge in [0.05, 0.1) is 11.6 Å². The van der Waals surface area contributed by atoms with Crippen molar-refractivity contribution in [1.29, 1.82) is 0 Å².